The molecule has 1 aromatic rings. The molecule has 1 unspecified atom stereocenters. The minimum absolute atomic E-state index is 0.136. The van der Waals surface area contributed by atoms with Crippen molar-refractivity contribution in [3.05, 3.63) is 24.2 Å². The molecule has 0 radical (unpaired) electrons. The van der Waals surface area contributed by atoms with Gasteiger partial charge in [-0.05, 0) is 32.9 Å². The molecule has 4 N–H and O–H groups in total. The topological polar surface area (TPSA) is 83.8 Å². The summed E-state index contributed by atoms with van der Waals surface area (Å²) in [5.41, 5.74) is 5.52. The van der Waals surface area contributed by atoms with E-state index in [1.807, 2.05) is 20.8 Å². The Labute approximate surface area is 95.4 Å². The summed E-state index contributed by atoms with van der Waals surface area (Å²) in [6.07, 6.45) is 0.759. The first-order valence-corrected chi connectivity index (χ1v) is 5.18. The lowest BCUT2D eigenvalue weighted by atomic mass is 10.1. The summed E-state index contributed by atoms with van der Waals surface area (Å²) in [6.45, 7) is 6.14. The van der Waals surface area contributed by atoms with Crippen LogP contribution >= 0.6 is 0 Å². The van der Waals surface area contributed by atoms with Crippen LogP contribution in [0.1, 0.15) is 32.6 Å². The van der Waals surface area contributed by atoms with E-state index in [1.54, 1.807) is 12.1 Å². The number of hydrogen-bond acceptors (Lipinski definition) is 3. The number of guanidine groups is 1. The van der Waals surface area contributed by atoms with Crippen molar-refractivity contribution >= 4 is 5.96 Å². The first kappa shape index (κ1) is 12.6. The number of furan rings is 1. The van der Waals surface area contributed by atoms with Gasteiger partial charge in [0.25, 0.3) is 0 Å². The van der Waals surface area contributed by atoms with E-state index in [1.165, 1.54) is 6.26 Å². The average Bonchev–Trinajstić information content (AvgIpc) is 2.64. The van der Waals surface area contributed by atoms with Gasteiger partial charge in [-0.1, -0.05) is 0 Å². The van der Waals surface area contributed by atoms with Crippen LogP contribution in [0, 0.1) is 0 Å². The Hall–Kier alpha value is -1.49. The summed E-state index contributed by atoms with van der Waals surface area (Å²) in [5, 5.41) is 12.7. The van der Waals surface area contributed by atoms with Crippen LogP contribution in [0.4, 0.5) is 0 Å². The Morgan fingerprint density at radius 1 is 1.62 bits per heavy atom. The van der Waals surface area contributed by atoms with Gasteiger partial charge in [0.1, 0.15) is 11.9 Å². The highest BCUT2D eigenvalue weighted by atomic mass is 16.4. The van der Waals surface area contributed by atoms with Crippen LogP contribution in [-0.2, 0) is 0 Å². The predicted molar refractivity (Wildman–Crippen MR) is 63.0 cm³/mol. The fourth-order valence-corrected chi connectivity index (χ4v) is 1.18. The lowest BCUT2D eigenvalue weighted by Gasteiger charge is -2.21. The molecule has 0 bridgehead atoms. The molecule has 16 heavy (non-hydrogen) atoms. The lowest BCUT2D eigenvalue weighted by molar-refractivity contribution is 0.158. The van der Waals surface area contributed by atoms with Crippen molar-refractivity contribution in [3.8, 4) is 0 Å². The van der Waals surface area contributed by atoms with Crippen LogP contribution in [0.3, 0.4) is 0 Å². The molecule has 0 saturated carbocycles. The van der Waals surface area contributed by atoms with Gasteiger partial charge in [0.05, 0.1) is 12.8 Å². The minimum Gasteiger partial charge on any atom is -0.467 e. The first-order valence-electron chi connectivity index (χ1n) is 5.18. The molecule has 0 saturated heterocycles. The molecule has 0 aliphatic rings. The first-order chi connectivity index (χ1) is 7.38. The molecule has 0 aromatic carbocycles. The maximum Gasteiger partial charge on any atom is 0.189 e. The second kappa shape index (κ2) is 5.03. The monoisotopic (exact) mass is 225 g/mol. The molecule has 0 fully saturated rings. The maximum absolute atomic E-state index is 9.67. The van der Waals surface area contributed by atoms with E-state index in [4.69, 9.17) is 10.2 Å². The van der Waals surface area contributed by atoms with E-state index >= 15 is 0 Å². The Bertz CT molecular complexity index is 339. The fourth-order valence-electron chi connectivity index (χ4n) is 1.18. The molecular formula is C11H19N3O2. The van der Waals surface area contributed by atoms with Crippen LogP contribution in [-0.4, -0.2) is 23.1 Å². The second-order valence-corrected chi connectivity index (χ2v) is 4.63. The minimum atomic E-state index is -0.754. The molecule has 0 aliphatic heterocycles. The molecule has 0 amide bonds. The highest BCUT2D eigenvalue weighted by molar-refractivity contribution is 5.78. The molecular weight excluding hydrogens is 206 g/mol. The summed E-state index contributed by atoms with van der Waals surface area (Å²) >= 11 is 0. The zero-order valence-corrected chi connectivity index (χ0v) is 9.90. The van der Waals surface area contributed by atoms with E-state index in [0.717, 1.165) is 0 Å². The molecule has 1 aromatic heterocycles. The number of aliphatic imine (C=N–C) groups is 1. The van der Waals surface area contributed by atoms with Crippen molar-refractivity contribution in [1.29, 1.82) is 0 Å². The van der Waals surface area contributed by atoms with Crippen molar-refractivity contribution in [2.75, 3.05) is 6.54 Å². The van der Waals surface area contributed by atoms with Gasteiger partial charge < -0.3 is 20.6 Å². The Balaban J connectivity index is 2.47. The molecule has 5 nitrogen and oxygen atoms in total. The van der Waals surface area contributed by atoms with Crippen LogP contribution in [0.5, 0.6) is 0 Å². The molecule has 1 rings (SSSR count). The summed E-state index contributed by atoms with van der Waals surface area (Å²) in [5.74, 6) is 0.811. The molecule has 0 aliphatic carbocycles. The third-order valence-corrected chi connectivity index (χ3v) is 1.81. The van der Waals surface area contributed by atoms with Gasteiger partial charge in [-0.3, -0.25) is 4.99 Å². The second-order valence-electron chi connectivity index (χ2n) is 4.63. The summed E-state index contributed by atoms with van der Waals surface area (Å²) in [6, 6.07) is 3.42. The van der Waals surface area contributed by atoms with Gasteiger partial charge >= 0.3 is 0 Å². The van der Waals surface area contributed by atoms with Crippen LogP contribution in [0.25, 0.3) is 0 Å². The van der Waals surface area contributed by atoms with Crippen molar-refractivity contribution in [2.45, 2.75) is 32.4 Å². The Morgan fingerprint density at radius 3 is 2.81 bits per heavy atom. The van der Waals surface area contributed by atoms with E-state index in [2.05, 4.69) is 10.3 Å². The van der Waals surface area contributed by atoms with Crippen molar-refractivity contribution in [1.82, 2.24) is 5.32 Å². The summed E-state index contributed by atoms with van der Waals surface area (Å²) in [7, 11) is 0. The highest BCUT2D eigenvalue weighted by Gasteiger charge is 2.12. The quantitative estimate of drug-likeness (QED) is 0.529. The normalized spacial score (nSPS) is 14.9. The van der Waals surface area contributed by atoms with Crippen LogP contribution in [0.2, 0.25) is 0 Å². The predicted octanol–water partition coefficient (Wildman–Crippen LogP) is 1.02. The van der Waals surface area contributed by atoms with Gasteiger partial charge in [-0.2, -0.15) is 0 Å². The molecule has 90 valence electrons. The molecule has 0 spiro atoms. The van der Waals surface area contributed by atoms with E-state index in [-0.39, 0.29) is 12.1 Å². The van der Waals surface area contributed by atoms with Crippen molar-refractivity contribution in [3.63, 3.8) is 0 Å². The van der Waals surface area contributed by atoms with E-state index in [0.29, 0.717) is 11.7 Å². The number of hydrogen-bond donors (Lipinski definition) is 3. The zero-order chi connectivity index (χ0) is 12.2. The standard InChI is InChI=1S/C11H19N3O2/c1-11(2,3)14-10(12)13-7-8(15)9-5-4-6-16-9/h4-6,8,15H,7H2,1-3H3,(H3,12,13,14). The largest absolute Gasteiger partial charge is 0.467 e. The molecule has 1 atom stereocenters. The van der Waals surface area contributed by atoms with Gasteiger partial charge in [-0.25, -0.2) is 0 Å². The number of rotatable bonds is 3. The number of nitrogens with two attached hydrogens (primary N) is 1. The third kappa shape index (κ3) is 4.35. The number of nitrogens with one attached hydrogen (secondary N) is 1. The number of nitrogens with zero attached hydrogens (tertiary/aromatic N) is 1. The Morgan fingerprint density at radius 2 is 2.31 bits per heavy atom. The maximum atomic E-state index is 9.67. The number of aliphatic hydroxyl groups excluding tert-OH is 1. The van der Waals surface area contributed by atoms with Gasteiger partial charge in [0.2, 0.25) is 0 Å². The smallest absolute Gasteiger partial charge is 0.189 e. The van der Waals surface area contributed by atoms with E-state index < -0.39 is 6.10 Å². The Kier molecular flexibility index (Phi) is 3.95. The summed E-state index contributed by atoms with van der Waals surface area (Å²) < 4.78 is 5.05. The fraction of sp³-hybridized carbons (Fsp3) is 0.545. The van der Waals surface area contributed by atoms with Gasteiger partial charge in [0.15, 0.2) is 5.96 Å². The highest BCUT2D eigenvalue weighted by Crippen LogP contribution is 2.12. The zero-order valence-electron chi connectivity index (χ0n) is 9.90. The van der Waals surface area contributed by atoms with Gasteiger partial charge in [0, 0.05) is 5.54 Å². The summed E-state index contributed by atoms with van der Waals surface area (Å²) in [4.78, 5) is 4.04. The number of aliphatic hydroxyl groups is 1. The van der Waals surface area contributed by atoms with Crippen LogP contribution in [0.15, 0.2) is 27.8 Å². The SMILES string of the molecule is CC(C)(C)NC(N)=NCC(O)c1ccco1. The van der Waals surface area contributed by atoms with Crippen molar-refractivity contribution < 1.29 is 9.52 Å². The lowest BCUT2D eigenvalue weighted by Crippen LogP contribution is -2.45. The molecule has 1 heterocycles. The average molecular weight is 225 g/mol. The van der Waals surface area contributed by atoms with Crippen molar-refractivity contribution in [2.24, 2.45) is 10.7 Å². The van der Waals surface area contributed by atoms with Crippen LogP contribution < -0.4 is 11.1 Å². The van der Waals surface area contributed by atoms with E-state index in [9.17, 15) is 5.11 Å². The van der Waals surface area contributed by atoms with Gasteiger partial charge in [-0.15, -0.1) is 0 Å². The third-order valence-electron chi connectivity index (χ3n) is 1.81. The molecule has 5 heteroatoms.